The summed E-state index contributed by atoms with van der Waals surface area (Å²) in [6.07, 6.45) is 1.27. The van der Waals surface area contributed by atoms with Crippen molar-refractivity contribution >= 4 is 11.8 Å². The van der Waals surface area contributed by atoms with E-state index in [0.717, 1.165) is 28.7 Å². The van der Waals surface area contributed by atoms with Gasteiger partial charge >= 0.3 is 5.97 Å². The monoisotopic (exact) mass is 454 g/mol. The molecule has 0 aromatic heterocycles. The Morgan fingerprint density at radius 3 is 2.21 bits per heavy atom. The zero-order valence-corrected chi connectivity index (χ0v) is 20.7. The number of esters is 1. The summed E-state index contributed by atoms with van der Waals surface area (Å²) in [7, 11) is 3.12. The molecule has 3 rings (SSSR count). The number of rotatable bonds is 8. The molecular weight excluding hydrogens is 420 g/mol. The highest BCUT2D eigenvalue weighted by Gasteiger charge is 2.33. The topological polar surface area (TPSA) is 71.1 Å². The number of methoxy groups -OCH3 is 2. The number of carbonyl (C=O) groups is 2. The fraction of sp³-hybridized carbons (Fsp3) is 0.481. The Bertz CT molecular complexity index is 1050. The normalized spacial score (nSPS) is 13.5. The van der Waals surface area contributed by atoms with Gasteiger partial charge in [0.05, 0.1) is 26.2 Å². The maximum absolute atomic E-state index is 12.7. The van der Waals surface area contributed by atoms with Gasteiger partial charge in [0.15, 0.2) is 17.3 Å². The SMILES string of the molecule is COc1ccc(-c2ccc3c(c2)CCC3=O)c(OCC(C)(C)C(=O)OCC(C)(C)C)c1OC. The van der Waals surface area contributed by atoms with Gasteiger partial charge in [-0.1, -0.05) is 39.0 Å². The van der Waals surface area contributed by atoms with Crippen molar-refractivity contribution in [3.8, 4) is 28.4 Å². The lowest BCUT2D eigenvalue weighted by Gasteiger charge is -2.27. The van der Waals surface area contributed by atoms with E-state index >= 15 is 0 Å². The van der Waals surface area contributed by atoms with Crippen LogP contribution in [0.15, 0.2) is 30.3 Å². The molecule has 1 aliphatic rings. The molecule has 0 amide bonds. The summed E-state index contributed by atoms with van der Waals surface area (Å²) in [4.78, 5) is 24.8. The van der Waals surface area contributed by atoms with Gasteiger partial charge in [-0.15, -0.1) is 0 Å². The summed E-state index contributed by atoms with van der Waals surface area (Å²) < 4.78 is 22.9. The van der Waals surface area contributed by atoms with Gasteiger partial charge in [-0.05, 0) is 48.9 Å². The Labute approximate surface area is 196 Å². The minimum atomic E-state index is -0.874. The van der Waals surface area contributed by atoms with Crippen LogP contribution in [0.2, 0.25) is 0 Å². The molecule has 0 N–H and O–H groups in total. The van der Waals surface area contributed by atoms with Crippen molar-refractivity contribution in [2.45, 2.75) is 47.5 Å². The van der Waals surface area contributed by atoms with Gasteiger partial charge in [-0.3, -0.25) is 9.59 Å². The Morgan fingerprint density at radius 1 is 0.879 bits per heavy atom. The summed E-state index contributed by atoms with van der Waals surface area (Å²) >= 11 is 0. The van der Waals surface area contributed by atoms with Crippen molar-refractivity contribution in [1.82, 2.24) is 0 Å². The quantitative estimate of drug-likeness (QED) is 0.491. The van der Waals surface area contributed by atoms with Gasteiger partial charge in [0.1, 0.15) is 6.61 Å². The molecule has 0 unspecified atom stereocenters. The third-order valence-corrected chi connectivity index (χ3v) is 5.60. The third kappa shape index (κ3) is 5.49. The molecule has 0 heterocycles. The maximum atomic E-state index is 12.7. The molecule has 0 aliphatic heterocycles. The predicted octanol–water partition coefficient (Wildman–Crippen LogP) is 5.49. The van der Waals surface area contributed by atoms with Crippen LogP contribution in [0.4, 0.5) is 0 Å². The molecular formula is C27H34O6. The van der Waals surface area contributed by atoms with Gasteiger partial charge in [0, 0.05) is 17.5 Å². The van der Waals surface area contributed by atoms with E-state index < -0.39 is 5.41 Å². The van der Waals surface area contributed by atoms with Gasteiger partial charge in [-0.25, -0.2) is 0 Å². The highest BCUT2D eigenvalue weighted by Crippen LogP contribution is 2.45. The molecule has 33 heavy (non-hydrogen) atoms. The number of ketones is 1. The lowest BCUT2D eigenvalue weighted by Crippen LogP contribution is -2.34. The maximum Gasteiger partial charge on any atom is 0.314 e. The Morgan fingerprint density at radius 2 is 1.58 bits per heavy atom. The molecule has 6 nitrogen and oxygen atoms in total. The Hall–Kier alpha value is -3.02. The van der Waals surface area contributed by atoms with Crippen LogP contribution in [0.1, 0.15) is 57.0 Å². The molecule has 0 radical (unpaired) electrons. The Balaban J connectivity index is 1.93. The smallest absolute Gasteiger partial charge is 0.314 e. The minimum absolute atomic E-state index is 0.0932. The first-order chi connectivity index (χ1) is 15.5. The lowest BCUT2D eigenvalue weighted by molar-refractivity contribution is -0.158. The number of Topliss-reactive ketones (excluding diaryl/α,β-unsaturated/α-hetero) is 1. The first-order valence-corrected chi connectivity index (χ1v) is 11.2. The summed E-state index contributed by atoms with van der Waals surface area (Å²) in [5, 5.41) is 0. The second kappa shape index (κ2) is 9.46. The molecule has 6 heteroatoms. The molecule has 0 fully saturated rings. The standard InChI is InChI=1S/C27H34O6/c1-26(2,3)15-33-25(29)27(4,5)16-32-23-20(11-13-22(30-6)24(23)31-7)18-8-10-19-17(14-18)9-12-21(19)28/h8,10-11,13-14H,9,12,15-16H2,1-7H3. The van der Waals surface area contributed by atoms with Crippen LogP contribution in [0.5, 0.6) is 17.2 Å². The molecule has 0 spiro atoms. The number of aryl methyl sites for hydroxylation is 1. The van der Waals surface area contributed by atoms with E-state index in [9.17, 15) is 9.59 Å². The van der Waals surface area contributed by atoms with E-state index in [1.807, 2.05) is 51.1 Å². The van der Waals surface area contributed by atoms with Gasteiger partial charge in [-0.2, -0.15) is 0 Å². The molecule has 0 bridgehead atoms. The van der Waals surface area contributed by atoms with E-state index in [1.165, 1.54) is 0 Å². The predicted molar refractivity (Wildman–Crippen MR) is 127 cm³/mol. The van der Waals surface area contributed by atoms with E-state index in [4.69, 9.17) is 18.9 Å². The van der Waals surface area contributed by atoms with Crippen molar-refractivity contribution in [2.24, 2.45) is 10.8 Å². The second-order valence-corrected chi connectivity index (χ2v) is 10.3. The fourth-order valence-corrected chi connectivity index (χ4v) is 3.68. The van der Waals surface area contributed by atoms with Crippen LogP contribution >= 0.6 is 0 Å². The van der Waals surface area contributed by atoms with E-state index in [0.29, 0.717) is 30.3 Å². The summed E-state index contributed by atoms with van der Waals surface area (Å²) in [6.45, 7) is 10.1. The third-order valence-electron chi connectivity index (χ3n) is 5.60. The number of fused-ring (bicyclic) bond motifs is 1. The van der Waals surface area contributed by atoms with Crippen molar-refractivity contribution in [1.29, 1.82) is 0 Å². The first-order valence-electron chi connectivity index (χ1n) is 11.2. The zero-order chi connectivity index (χ0) is 24.4. The molecule has 2 aromatic carbocycles. The highest BCUT2D eigenvalue weighted by atomic mass is 16.5. The zero-order valence-electron chi connectivity index (χ0n) is 20.7. The molecule has 1 aliphatic carbocycles. The summed E-state index contributed by atoms with van der Waals surface area (Å²) in [5.41, 5.74) is 2.53. The van der Waals surface area contributed by atoms with Gasteiger partial charge in [0.2, 0.25) is 5.75 Å². The number of hydrogen-bond donors (Lipinski definition) is 0. The molecule has 2 aromatic rings. The van der Waals surface area contributed by atoms with Crippen LogP contribution < -0.4 is 14.2 Å². The number of benzene rings is 2. The van der Waals surface area contributed by atoms with Crippen molar-refractivity contribution in [2.75, 3.05) is 27.4 Å². The Kier molecular flexibility index (Phi) is 7.06. The second-order valence-electron chi connectivity index (χ2n) is 10.3. The van der Waals surface area contributed by atoms with Crippen LogP contribution in [0.3, 0.4) is 0 Å². The van der Waals surface area contributed by atoms with Gasteiger partial charge < -0.3 is 18.9 Å². The number of carbonyl (C=O) groups excluding carboxylic acids is 2. The number of ether oxygens (including phenoxy) is 4. The average Bonchev–Trinajstić information content (AvgIpc) is 3.14. The van der Waals surface area contributed by atoms with Crippen LogP contribution in [0.25, 0.3) is 11.1 Å². The van der Waals surface area contributed by atoms with Crippen LogP contribution in [-0.4, -0.2) is 39.2 Å². The summed E-state index contributed by atoms with van der Waals surface area (Å²) in [5.74, 6) is 1.32. The van der Waals surface area contributed by atoms with Crippen molar-refractivity contribution in [3.05, 3.63) is 41.5 Å². The molecule has 178 valence electrons. The largest absolute Gasteiger partial charge is 0.493 e. The van der Waals surface area contributed by atoms with Gasteiger partial charge in [0.25, 0.3) is 0 Å². The molecule has 0 saturated carbocycles. The van der Waals surface area contributed by atoms with Crippen molar-refractivity contribution in [3.63, 3.8) is 0 Å². The fourth-order valence-electron chi connectivity index (χ4n) is 3.68. The number of hydrogen-bond acceptors (Lipinski definition) is 6. The lowest BCUT2D eigenvalue weighted by atomic mass is 9.94. The minimum Gasteiger partial charge on any atom is -0.493 e. The molecule has 0 atom stereocenters. The highest BCUT2D eigenvalue weighted by molar-refractivity contribution is 6.01. The van der Waals surface area contributed by atoms with Crippen LogP contribution in [0, 0.1) is 10.8 Å². The molecule has 0 saturated heterocycles. The van der Waals surface area contributed by atoms with Crippen molar-refractivity contribution < 1.29 is 28.5 Å². The summed E-state index contributed by atoms with van der Waals surface area (Å²) in [6, 6.07) is 9.53. The van der Waals surface area contributed by atoms with E-state index in [1.54, 1.807) is 28.1 Å². The average molecular weight is 455 g/mol. The van der Waals surface area contributed by atoms with E-state index in [-0.39, 0.29) is 23.8 Å². The first kappa shape index (κ1) is 24.6. The van der Waals surface area contributed by atoms with E-state index in [2.05, 4.69) is 0 Å². The van der Waals surface area contributed by atoms with Crippen LogP contribution in [-0.2, 0) is 16.0 Å².